The molecule has 0 spiro atoms. The van der Waals surface area contributed by atoms with Crippen LogP contribution in [0.1, 0.15) is 0 Å². The third-order valence-electron chi connectivity index (χ3n) is 1.34. The van der Waals surface area contributed by atoms with Crippen LogP contribution in [0.3, 0.4) is 0 Å². The molecule has 1 nitrogen and oxygen atoms in total. The molecule has 0 heterocycles. The minimum absolute atomic E-state index is 1.17. The maximum atomic E-state index is 12.2. The van der Waals surface area contributed by atoms with Gasteiger partial charge in [0.05, 0.1) is 0 Å². The van der Waals surface area contributed by atoms with E-state index in [1.54, 1.807) is 0 Å². The lowest BCUT2D eigenvalue weighted by Gasteiger charge is -2.23. The standard InChI is InChI=1S/C5H7F6N/c6-3(7)2(1-12)5(10,11)4(8)9/h2-4H,1,12H2. The Morgan fingerprint density at radius 1 is 1.08 bits per heavy atom. The van der Waals surface area contributed by atoms with E-state index in [0.29, 0.717) is 0 Å². The van der Waals surface area contributed by atoms with Crippen molar-refractivity contribution in [3.63, 3.8) is 0 Å². The van der Waals surface area contributed by atoms with Crippen molar-refractivity contribution < 1.29 is 26.3 Å². The summed E-state index contributed by atoms with van der Waals surface area (Å²) in [4.78, 5) is 0. The van der Waals surface area contributed by atoms with Crippen LogP contribution in [0.25, 0.3) is 0 Å². The fraction of sp³-hybridized carbons (Fsp3) is 1.00. The molecule has 0 radical (unpaired) electrons. The zero-order valence-electron chi connectivity index (χ0n) is 5.78. The minimum atomic E-state index is -4.72. The topological polar surface area (TPSA) is 26.0 Å². The zero-order chi connectivity index (χ0) is 9.94. The van der Waals surface area contributed by atoms with Gasteiger partial charge in [0.15, 0.2) is 0 Å². The van der Waals surface area contributed by atoms with Crippen molar-refractivity contribution in [2.45, 2.75) is 18.8 Å². The highest BCUT2D eigenvalue weighted by atomic mass is 19.3. The molecule has 2 N–H and O–H groups in total. The van der Waals surface area contributed by atoms with Crippen LogP contribution in [0, 0.1) is 5.92 Å². The monoisotopic (exact) mass is 195 g/mol. The molecule has 0 saturated carbocycles. The van der Waals surface area contributed by atoms with Gasteiger partial charge in [-0.15, -0.1) is 0 Å². The van der Waals surface area contributed by atoms with E-state index in [2.05, 4.69) is 5.73 Å². The Balaban J connectivity index is 4.47. The molecule has 1 atom stereocenters. The second-order valence-corrected chi connectivity index (χ2v) is 2.15. The lowest BCUT2D eigenvalue weighted by atomic mass is 10.0. The Morgan fingerprint density at radius 3 is 1.58 bits per heavy atom. The number of hydrogen-bond acceptors (Lipinski definition) is 1. The molecule has 74 valence electrons. The normalized spacial score (nSPS) is 15.8. The summed E-state index contributed by atoms with van der Waals surface area (Å²) in [6.45, 7) is -1.17. The Morgan fingerprint density at radius 2 is 1.50 bits per heavy atom. The fourth-order valence-corrected chi connectivity index (χ4v) is 0.590. The summed E-state index contributed by atoms with van der Waals surface area (Å²) in [5, 5.41) is 0. The predicted molar refractivity (Wildman–Crippen MR) is 29.5 cm³/mol. The van der Waals surface area contributed by atoms with Crippen LogP contribution in [-0.4, -0.2) is 25.3 Å². The van der Waals surface area contributed by atoms with Crippen LogP contribution in [0.4, 0.5) is 26.3 Å². The number of hydrogen-bond donors (Lipinski definition) is 1. The Bertz CT molecular complexity index is 136. The molecule has 0 aromatic heterocycles. The van der Waals surface area contributed by atoms with Gasteiger partial charge in [-0.2, -0.15) is 8.78 Å². The smallest absolute Gasteiger partial charge is 0.316 e. The lowest BCUT2D eigenvalue weighted by Crippen LogP contribution is -2.44. The fourth-order valence-electron chi connectivity index (χ4n) is 0.590. The minimum Gasteiger partial charge on any atom is -0.330 e. The Hall–Kier alpha value is -0.460. The summed E-state index contributed by atoms with van der Waals surface area (Å²) in [6, 6.07) is 0. The summed E-state index contributed by atoms with van der Waals surface area (Å²) in [6.07, 6.45) is -7.65. The van der Waals surface area contributed by atoms with Gasteiger partial charge in [0.1, 0.15) is 5.92 Å². The van der Waals surface area contributed by atoms with Crippen LogP contribution in [0.2, 0.25) is 0 Å². The zero-order valence-corrected chi connectivity index (χ0v) is 5.78. The largest absolute Gasteiger partial charge is 0.330 e. The van der Waals surface area contributed by atoms with Crippen molar-refractivity contribution in [1.82, 2.24) is 0 Å². The number of nitrogens with two attached hydrogens (primary N) is 1. The van der Waals surface area contributed by atoms with Crippen LogP contribution < -0.4 is 5.73 Å². The maximum Gasteiger partial charge on any atom is 0.316 e. The van der Waals surface area contributed by atoms with Gasteiger partial charge in [0, 0.05) is 6.54 Å². The maximum absolute atomic E-state index is 12.2. The Kier molecular flexibility index (Phi) is 3.82. The summed E-state index contributed by atoms with van der Waals surface area (Å²) < 4.78 is 70.6. The molecule has 0 saturated heterocycles. The van der Waals surface area contributed by atoms with Gasteiger partial charge in [0.2, 0.25) is 6.43 Å². The van der Waals surface area contributed by atoms with Gasteiger partial charge in [-0.1, -0.05) is 0 Å². The highest BCUT2D eigenvalue weighted by Gasteiger charge is 2.52. The van der Waals surface area contributed by atoms with E-state index in [-0.39, 0.29) is 0 Å². The van der Waals surface area contributed by atoms with Crippen molar-refractivity contribution in [2.75, 3.05) is 6.54 Å². The van der Waals surface area contributed by atoms with E-state index in [9.17, 15) is 26.3 Å². The first-order valence-corrected chi connectivity index (χ1v) is 2.98. The molecule has 0 amide bonds. The second-order valence-electron chi connectivity index (χ2n) is 2.15. The lowest BCUT2D eigenvalue weighted by molar-refractivity contribution is -0.191. The quantitative estimate of drug-likeness (QED) is 0.679. The van der Waals surface area contributed by atoms with Gasteiger partial charge in [0.25, 0.3) is 0 Å². The van der Waals surface area contributed by atoms with E-state index in [4.69, 9.17) is 0 Å². The van der Waals surface area contributed by atoms with Crippen LogP contribution in [-0.2, 0) is 0 Å². The van der Waals surface area contributed by atoms with E-state index in [1.807, 2.05) is 0 Å². The molecule has 0 bridgehead atoms. The van der Waals surface area contributed by atoms with Gasteiger partial charge in [-0.3, -0.25) is 0 Å². The van der Waals surface area contributed by atoms with Crippen LogP contribution in [0.15, 0.2) is 0 Å². The second kappa shape index (κ2) is 3.97. The molecule has 0 fully saturated rings. The number of rotatable bonds is 4. The van der Waals surface area contributed by atoms with E-state index >= 15 is 0 Å². The molecular formula is C5H7F6N. The first-order chi connectivity index (χ1) is 5.34. The first kappa shape index (κ1) is 11.5. The molecule has 0 aromatic rings. The average Bonchev–Trinajstić information content (AvgIpc) is 1.86. The predicted octanol–water partition coefficient (Wildman–Crippen LogP) is 1.73. The SMILES string of the molecule is NCC(C(F)F)C(F)(F)C(F)F. The van der Waals surface area contributed by atoms with Gasteiger partial charge in [-0.05, 0) is 0 Å². The third-order valence-corrected chi connectivity index (χ3v) is 1.34. The van der Waals surface area contributed by atoms with Gasteiger partial charge >= 0.3 is 12.3 Å². The van der Waals surface area contributed by atoms with Crippen LogP contribution >= 0.6 is 0 Å². The summed E-state index contributed by atoms with van der Waals surface area (Å²) in [5.41, 5.74) is 4.50. The highest BCUT2D eigenvalue weighted by Crippen LogP contribution is 2.34. The molecule has 1 unspecified atom stereocenters. The van der Waals surface area contributed by atoms with Crippen molar-refractivity contribution in [2.24, 2.45) is 11.7 Å². The van der Waals surface area contributed by atoms with Gasteiger partial charge < -0.3 is 5.73 Å². The average molecular weight is 195 g/mol. The summed E-state index contributed by atoms with van der Waals surface area (Å²) >= 11 is 0. The molecule has 0 rings (SSSR count). The molecular weight excluding hydrogens is 188 g/mol. The van der Waals surface area contributed by atoms with E-state index in [0.717, 1.165) is 0 Å². The van der Waals surface area contributed by atoms with Crippen molar-refractivity contribution in [3.8, 4) is 0 Å². The van der Waals surface area contributed by atoms with Gasteiger partial charge in [-0.25, -0.2) is 17.6 Å². The molecule has 0 aliphatic carbocycles. The van der Waals surface area contributed by atoms with E-state index < -0.39 is 31.2 Å². The first-order valence-electron chi connectivity index (χ1n) is 2.98. The van der Waals surface area contributed by atoms with Crippen molar-refractivity contribution in [3.05, 3.63) is 0 Å². The highest BCUT2D eigenvalue weighted by molar-refractivity contribution is 4.81. The number of alkyl halides is 6. The molecule has 12 heavy (non-hydrogen) atoms. The summed E-state index contributed by atoms with van der Waals surface area (Å²) in [5.74, 6) is -7.50. The van der Waals surface area contributed by atoms with Crippen LogP contribution in [0.5, 0.6) is 0 Å². The van der Waals surface area contributed by atoms with Crippen molar-refractivity contribution >= 4 is 0 Å². The van der Waals surface area contributed by atoms with Crippen molar-refractivity contribution in [1.29, 1.82) is 0 Å². The van der Waals surface area contributed by atoms with E-state index in [1.165, 1.54) is 0 Å². The molecule has 7 heteroatoms. The number of halogens is 6. The molecule has 0 aliphatic rings. The molecule has 0 aliphatic heterocycles. The third kappa shape index (κ3) is 2.26. The summed E-state index contributed by atoms with van der Waals surface area (Å²) in [7, 11) is 0. The Labute approximate surface area is 64.5 Å². The molecule has 0 aromatic carbocycles.